The maximum absolute atomic E-state index is 13.3. The number of benzene rings is 1. The third-order valence-electron chi connectivity index (χ3n) is 3.37. The molecular weight excluding hydrogens is 359 g/mol. The molecule has 0 spiro atoms. The minimum atomic E-state index is -4.58. The zero-order valence-corrected chi connectivity index (χ0v) is 13.4. The van der Waals surface area contributed by atoms with E-state index in [1.807, 2.05) is 0 Å². The van der Waals surface area contributed by atoms with E-state index >= 15 is 0 Å². The topological polar surface area (TPSA) is 87.2 Å². The highest BCUT2D eigenvalue weighted by Gasteiger charge is 2.35. The number of alkyl halides is 3. The molecule has 0 saturated carbocycles. The fourth-order valence-electron chi connectivity index (χ4n) is 2.29. The van der Waals surface area contributed by atoms with Crippen LogP contribution < -0.4 is 10.1 Å². The molecule has 2 aromatic heterocycles. The minimum absolute atomic E-state index is 0.0413. The Kier molecular flexibility index (Phi) is 4.53. The Hall–Kier alpha value is -2.75. The third kappa shape index (κ3) is 4.02. The van der Waals surface area contributed by atoms with Gasteiger partial charge in [0, 0.05) is 28.0 Å². The van der Waals surface area contributed by atoms with Gasteiger partial charge in [0.1, 0.15) is 12.4 Å². The highest BCUT2D eigenvalue weighted by molar-refractivity contribution is 7.07. The molecule has 10 heteroatoms. The number of carbonyl (C=O) groups is 1. The number of hydrogen-bond acceptors (Lipinski definition) is 4. The van der Waals surface area contributed by atoms with E-state index in [1.165, 1.54) is 23.5 Å². The first-order valence-electron chi connectivity index (χ1n) is 7.02. The standard InChI is InChI=1S/C15H12F3N3O3S/c16-15(17,18)11-2-8-1-9(4-19-14(22)23)21-12(8)3-13(11)24-5-10-6-25-7-20-10/h1-3,6-7,19,21H,4-5H2,(H,22,23). The third-order valence-corrected chi connectivity index (χ3v) is 4.01. The zero-order chi connectivity index (χ0) is 18.0. The molecule has 0 fully saturated rings. The number of hydrogen-bond donors (Lipinski definition) is 3. The van der Waals surface area contributed by atoms with E-state index in [1.54, 1.807) is 10.9 Å². The van der Waals surface area contributed by atoms with Gasteiger partial charge in [-0.25, -0.2) is 9.78 Å². The van der Waals surface area contributed by atoms with Crippen molar-refractivity contribution in [2.75, 3.05) is 0 Å². The zero-order valence-electron chi connectivity index (χ0n) is 12.6. The van der Waals surface area contributed by atoms with Crippen molar-refractivity contribution in [2.45, 2.75) is 19.3 Å². The number of carboxylic acid groups (broad SMARTS) is 1. The molecule has 25 heavy (non-hydrogen) atoms. The maximum atomic E-state index is 13.3. The molecule has 3 rings (SSSR count). The van der Waals surface area contributed by atoms with Crippen molar-refractivity contribution in [1.82, 2.24) is 15.3 Å². The normalized spacial score (nSPS) is 11.6. The predicted molar refractivity (Wildman–Crippen MR) is 84.6 cm³/mol. The number of thiazole rings is 1. The van der Waals surface area contributed by atoms with Gasteiger partial charge in [0.2, 0.25) is 0 Å². The molecule has 3 aromatic rings. The van der Waals surface area contributed by atoms with Crippen molar-refractivity contribution < 1.29 is 27.8 Å². The SMILES string of the molecule is O=C(O)NCc1cc2cc(C(F)(F)F)c(OCc3cscn3)cc2[nH]1. The summed E-state index contributed by atoms with van der Waals surface area (Å²) in [6.45, 7) is -0.118. The monoisotopic (exact) mass is 371 g/mol. The van der Waals surface area contributed by atoms with Gasteiger partial charge in [-0.15, -0.1) is 11.3 Å². The number of nitrogens with zero attached hydrogens (tertiary/aromatic N) is 1. The number of nitrogens with one attached hydrogen (secondary N) is 2. The molecule has 1 aromatic carbocycles. The van der Waals surface area contributed by atoms with Crippen LogP contribution in [0, 0.1) is 0 Å². The van der Waals surface area contributed by atoms with Crippen molar-refractivity contribution in [3.8, 4) is 5.75 Å². The van der Waals surface area contributed by atoms with Crippen molar-refractivity contribution in [1.29, 1.82) is 0 Å². The molecule has 0 radical (unpaired) electrons. The molecule has 6 nitrogen and oxygen atoms in total. The fraction of sp³-hybridized carbons (Fsp3) is 0.200. The van der Waals surface area contributed by atoms with Gasteiger partial charge in [0.05, 0.1) is 23.3 Å². The van der Waals surface area contributed by atoms with Crippen LogP contribution in [0.3, 0.4) is 0 Å². The van der Waals surface area contributed by atoms with E-state index in [0.717, 1.165) is 6.07 Å². The highest BCUT2D eigenvalue weighted by atomic mass is 32.1. The lowest BCUT2D eigenvalue weighted by Gasteiger charge is -2.13. The van der Waals surface area contributed by atoms with Crippen molar-refractivity contribution >= 4 is 28.3 Å². The second kappa shape index (κ2) is 6.63. The molecule has 1 amide bonds. The van der Waals surface area contributed by atoms with Crippen LogP contribution in [0.1, 0.15) is 17.0 Å². The minimum Gasteiger partial charge on any atom is -0.487 e. The molecule has 2 heterocycles. The van der Waals surface area contributed by atoms with Gasteiger partial charge < -0.3 is 20.1 Å². The summed E-state index contributed by atoms with van der Waals surface area (Å²) in [5.74, 6) is -0.312. The van der Waals surface area contributed by atoms with Gasteiger partial charge in [-0.2, -0.15) is 13.2 Å². The molecule has 0 saturated heterocycles. The first-order chi connectivity index (χ1) is 11.8. The summed E-state index contributed by atoms with van der Waals surface area (Å²) >= 11 is 1.32. The van der Waals surface area contributed by atoms with Crippen LogP contribution in [0.4, 0.5) is 18.0 Å². The first-order valence-corrected chi connectivity index (χ1v) is 7.96. The van der Waals surface area contributed by atoms with E-state index in [2.05, 4.69) is 15.3 Å². The van der Waals surface area contributed by atoms with Crippen molar-refractivity contribution in [3.05, 3.63) is 46.0 Å². The highest BCUT2D eigenvalue weighted by Crippen LogP contribution is 2.39. The van der Waals surface area contributed by atoms with Gasteiger partial charge in [-0.1, -0.05) is 0 Å². The van der Waals surface area contributed by atoms with Crippen molar-refractivity contribution in [2.24, 2.45) is 0 Å². The summed E-state index contributed by atoms with van der Waals surface area (Å²) in [7, 11) is 0. The van der Waals surface area contributed by atoms with Gasteiger partial charge in [-0.05, 0) is 12.1 Å². The van der Waals surface area contributed by atoms with Crippen LogP contribution in [-0.2, 0) is 19.3 Å². The first kappa shape index (κ1) is 17.1. The molecule has 0 unspecified atom stereocenters. The number of aromatic nitrogens is 2. The molecule has 132 valence electrons. The fourth-order valence-corrected chi connectivity index (χ4v) is 2.83. The van der Waals surface area contributed by atoms with Crippen LogP contribution in [0.2, 0.25) is 0 Å². The Balaban J connectivity index is 1.93. The van der Waals surface area contributed by atoms with Gasteiger partial charge in [-0.3, -0.25) is 0 Å². The van der Waals surface area contributed by atoms with Crippen LogP contribution in [0.25, 0.3) is 10.9 Å². The average molecular weight is 371 g/mol. The molecule has 0 atom stereocenters. The summed E-state index contributed by atoms with van der Waals surface area (Å²) in [4.78, 5) is 17.4. The van der Waals surface area contributed by atoms with Gasteiger partial charge in [0.15, 0.2) is 0 Å². The quantitative estimate of drug-likeness (QED) is 0.633. The predicted octanol–water partition coefficient (Wildman–Crippen LogP) is 3.99. The largest absolute Gasteiger partial charge is 0.487 e. The summed E-state index contributed by atoms with van der Waals surface area (Å²) < 4.78 is 45.2. The van der Waals surface area contributed by atoms with Crippen LogP contribution >= 0.6 is 11.3 Å². The number of aromatic amines is 1. The van der Waals surface area contributed by atoms with Crippen molar-refractivity contribution in [3.63, 3.8) is 0 Å². The number of ether oxygens (including phenoxy) is 1. The van der Waals surface area contributed by atoms with Gasteiger partial charge >= 0.3 is 12.3 Å². The van der Waals surface area contributed by atoms with E-state index in [4.69, 9.17) is 9.84 Å². The van der Waals surface area contributed by atoms with E-state index < -0.39 is 17.8 Å². The number of fused-ring (bicyclic) bond motifs is 1. The molecule has 0 aliphatic rings. The molecule has 3 N–H and O–H groups in total. The van der Waals surface area contributed by atoms with Gasteiger partial charge in [0.25, 0.3) is 0 Å². The van der Waals surface area contributed by atoms with E-state index in [-0.39, 0.29) is 18.9 Å². The maximum Gasteiger partial charge on any atom is 0.419 e. The lowest BCUT2D eigenvalue weighted by atomic mass is 10.1. The summed E-state index contributed by atoms with van der Waals surface area (Å²) in [6, 6.07) is 3.70. The summed E-state index contributed by atoms with van der Waals surface area (Å²) in [5, 5.41) is 12.8. The second-order valence-corrected chi connectivity index (χ2v) is 5.87. The number of amides is 1. The summed E-state index contributed by atoms with van der Waals surface area (Å²) in [6.07, 6.45) is -5.80. The Morgan fingerprint density at radius 2 is 2.16 bits per heavy atom. The van der Waals surface area contributed by atoms with Crippen LogP contribution in [0.5, 0.6) is 5.75 Å². The lowest BCUT2D eigenvalue weighted by Crippen LogP contribution is -2.19. The van der Waals surface area contributed by atoms with E-state index in [9.17, 15) is 18.0 Å². The molecule has 0 aliphatic carbocycles. The Labute approximate surface area is 143 Å². The van der Waals surface area contributed by atoms with Crippen LogP contribution in [0.15, 0.2) is 29.1 Å². The van der Waals surface area contributed by atoms with E-state index in [0.29, 0.717) is 22.3 Å². The Bertz CT molecular complexity index is 891. The summed E-state index contributed by atoms with van der Waals surface area (Å²) in [5.41, 5.74) is 2.08. The Morgan fingerprint density at radius 3 is 2.80 bits per heavy atom. The molecule has 0 aliphatic heterocycles. The lowest BCUT2D eigenvalue weighted by molar-refractivity contribution is -0.138. The smallest absolute Gasteiger partial charge is 0.419 e. The number of rotatable bonds is 5. The average Bonchev–Trinajstić information content (AvgIpc) is 3.17. The van der Waals surface area contributed by atoms with Crippen LogP contribution in [-0.4, -0.2) is 21.2 Å². The number of halogens is 3. The Morgan fingerprint density at radius 1 is 1.36 bits per heavy atom. The number of H-pyrrole nitrogens is 1. The molecular formula is C15H12F3N3O3S. The second-order valence-electron chi connectivity index (χ2n) is 5.16. The molecule has 0 bridgehead atoms.